The Bertz CT molecular complexity index is 770. The van der Waals surface area contributed by atoms with Gasteiger partial charge in [0.1, 0.15) is 12.0 Å². The molecule has 100 valence electrons. The summed E-state index contributed by atoms with van der Waals surface area (Å²) in [5.74, 6) is 0.441. The minimum absolute atomic E-state index is 0.441. The fraction of sp³-hybridized carbons (Fsp3) is 0.0833. The molecule has 0 aliphatic rings. The van der Waals surface area contributed by atoms with E-state index in [1.165, 1.54) is 11.1 Å². The second-order valence-corrected chi connectivity index (χ2v) is 4.83. The molecule has 3 rings (SSSR count). The van der Waals surface area contributed by atoms with E-state index in [-0.39, 0.29) is 0 Å². The molecular formula is C12H8Cl2N6. The van der Waals surface area contributed by atoms with Crippen molar-refractivity contribution in [1.82, 2.24) is 30.2 Å². The van der Waals surface area contributed by atoms with Gasteiger partial charge in [0.15, 0.2) is 0 Å². The van der Waals surface area contributed by atoms with Crippen molar-refractivity contribution in [1.29, 1.82) is 0 Å². The quantitative estimate of drug-likeness (QED) is 0.728. The summed E-state index contributed by atoms with van der Waals surface area (Å²) in [6, 6.07) is 7.09. The summed E-state index contributed by atoms with van der Waals surface area (Å²) in [6.07, 6.45) is 1.45. The van der Waals surface area contributed by atoms with Crippen LogP contribution in [0.15, 0.2) is 30.6 Å². The highest BCUT2D eigenvalue weighted by atomic mass is 35.5. The molecule has 0 radical (unpaired) electrons. The number of aryl methyl sites for hydroxylation is 1. The molecule has 0 spiro atoms. The van der Waals surface area contributed by atoms with E-state index in [0.29, 0.717) is 27.3 Å². The molecule has 20 heavy (non-hydrogen) atoms. The Kier molecular flexibility index (Phi) is 3.33. The molecule has 0 saturated heterocycles. The lowest BCUT2D eigenvalue weighted by atomic mass is 10.1. The Labute approximate surface area is 124 Å². The molecule has 0 aliphatic heterocycles. The van der Waals surface area contributed by atoms with E-state index in [1.807, 2.05) is 6.07 Å². The number of benzene rings is 1. The number of nitrogens with zero attached hydrogens (tertiary/aromatic N) is 6. The molecule has 0 saturated carbocycles. The van der Waals surface area contributed by atoms with E-state index in [9.17, 15) is 0 Å². The molecule has 0 aliphatic carbocycles. The molecule has 0 fully saturated rings. The van der Waals surface area contributed by atoms with Crippen LogP contribution in [0.4, 0.5) is 0 Å². The lowest BCUT2D eigenvalue weighted by Crippen LogP contribution is -1.93. The predicted molar refractivity (Wildman–Crippen MR) is 75.3 cm³/mol. The van der Waals surface area contributed by atoms with E-state index in [0.717, 1.165) is 5.56 Å². The monoisotopic (exact) mass is 306 g/mol. The van der Waals surface area contributed by atoms with Crippen molar-refractivity contribution in [2.45, 2.75) is 0 Å². The van der Waals surface area contributed by atoms with Crippen molar-refractivity contribution in [3.63, 3.8) is 0 Å². The largest absolute Gasteiger partial charge is 0.236 e. The van der Waals surface area contributed by atoms with Crippen molar-refractivity contribution in [3.05, 3.63) is 40.6 Å². The van der Waals surface area contributed by atoms with Crippen molar-refractivity contribution in [2.75, 3.05) is 0 Å². The predicted octanol–water partition coefficient (Wildman–Crippen LogP) is 2.64. The minimum atomic E-state index is 0.441. The summed E-state index contributed by atoms with van der Waals surface area (Å²) in [5.41, 5.74) is 2.14. The normalized spacial score (nSPS) is 10.8. The van der Waals surface area contributed by atoms with E-state index in [2.05, 4.69) is 25.4 Å². The third-order valence-corrected chi connectivity index (χ3v) is 3.36. The maximum Gasteiger partial charge on any atom is 0.223 e. The Hall–Kier alpha value is -2.05. The SMILES string of the molecule is Cn1nnc(-c2cc(-c3ccc(Cl)c(Cl)c3)ncn2)n1. The average Bonchev–Trinajstić information content (AvgIpc) is 2.89. The van der Waals surface area contributed by atoms with E-state index >= 15 is 0 Å². The first-order chi connectivity index (χ1) is 9.63. The van der Waals surface area contributed by atoms with Gasteiger partial charge in [-0.2, -0.15) is 4.80 Å². The molecule has 3 aromatic rings. The Balaban J connectivity index is 2.04. The molecule has 1 aromatic carbocycles. The molecule has 6 nitrogen and oxygen atoms in total. The highest BCUT2D eigenvalue weighted by Crippen LogP contribution is 2.28. The highest BCUT2D eigenvalue weighted by Gasteiger charge is 2.09. The van der Waals surface area contributed by atoms with Gasteiger partial charge in [0.05, 0.1) is 22.8 Å². The Morgan fingerprint density at radius 3 is 2.50 bits per heavy atom. The van der Waals surface area contributed by atoms with Crippen LogP contribution < -0.4 is 0 Å². The standard InChI is InChI=1S/C12H8Cl2N6/c1-20-18-12(17-19-20)11-5-10(15-6-16-11)7-2-3-8(13)9(14)4-7/h2-6H,1H3. The van der Waals surface area contributed by atoms with Crippen molar-refractivity contribution < 1.29 is 0 Å². The molecule has 0 atom stereocenters. The number of hydrogen-bond donors (Lipinski definition) is 0. The summed E-state index contributed by atoms with van der Waals surface area (Å²) in [4.78, 5) is 9.73. The van der Waals surface area contributed by atoms with Crippen LogP contribution in [0.25, 0.3) is 22.8 Å². The number of rotatable bonds is 2. The van der Waals surface area contributed by atoms with Gasteiger partial charge in [0.2, 0.25) is 5.82 Å². The Morgan fingerprint density at radius 2 is 1.80 bits per heavy atom. The fourth-order valence-electron chi connectivity index (χ4n) is 1.68. The molecule has 0 unspecified atom stereocenters. The summed E-state index contributed by atoms with van der Waals surface area (Å²) in [6.45, 7) is 0. The van der Waals surface area contributed by atoms with Crippen LogP contribution in [0, 0.1) is 0 Å². The summed E-state index contributed by atoms with van der Waals surface area (Å²) in [5, 5.41) is 12.8. The summed E-state index contributed by atoms with van der Waals surface area (Å²) in [7, 11) is 1.69. The van der Waals surface area contributed by atoms with Gasteiger partial charge in [0.25, 0.3) is 0 Å². The molecule has 0 bridgehead atoms. The third kappa shape index (κ3) is 2.48. The van der Waals surface area contributed by atoms with Gasteiger partial charge in [-0.05, 0) is 23.4 Å². The first kappa shape index (κ1) is 13.0. The molecular weight excluding hydrogens is 299 g/mol. The van der Waals surface area contributed by atoms with Crippen LogP contribution >= 0.6 is 23.2 Å². The third-order valence-electron chi connectivity index (χ3n) is 2.62. The second kappa shape index (κ2) is 5.15. The van der Waals surface area contributed by atoms with Crippen LogP contribution in [0.2, 0.25) is 10.0 Å². The smallest absolute Gasteiger partial charge is 0.223 e. The van der Waals surface area contributed by atoms with E-state index < -0.39 is 0 Å². The zero-order valence-electron chi connectivity index (χ0n) is 10.3. The fourth-order valence-corrected chi connectivity index (χ4v) is 1.98. The molecule has 8 heteroatoms. The topological polar surface area (TPSA) is 69.4 Å². The van der Waals surface area contributed by atoms with Gasteiger partial charge >= 0.3 is 0 Å². The van der Waals surface area contributed by atoms with Gasteiger partial charge in [-0.1, -0.05) is 29.3 Å². The lowest BCUT2D eigenvalue weighted by molar-refractivity contribution is 0.630. The van der Waals surface area contributed by atoms with Crippen LogP contribution in [0.1, 0.15) is 0 Å². The van der Waals surface area contributed by atoms with Gasteiger partial charge in [-0.3, -0.25) is 0 Å². The number of tetrazole rings is 1. The van der Waals surface area contributed by atoms with Gasteiger partial charge in [-0.25, -0.2) is 9.97 Å². The molecule has 2 heterocycles. The van der Waals surface area contributed by atoms with Gasteiger partial charge in [0, 0.05) is 5.56 Å². The van der Waals surface area contributed by atoms with Gasteiger partial charge in [-0.15, -0.1) is 10.2 Å². The lowest BCUT2D eigenvalue weighted by Gasteiger charge is -2.03. The number of aromatic nitrogens is 6. The number of hydrogen-bond acceptors (Lipinski definition) is 5. The van der Waals surface area contributed by atoms with Crippen LogP contribution in [-0.2, 0) is 7.05 Å². The molecule has 2 aromatic heterocycles. The minimum Gasteiger partial charge on any atom is -0.236 e. The van der Waals surface area contributed by atoms with Crippen LogP contribution in [0.3, 0.4) is 0 Å². The van der Waals surface area contributed by atoms with Crippen molar-refractivity contribution in [3.8, 4) is 22.8 Å². The number of halogens is 2. The zero-order valence-corrected chi connectivity index (χ0v) is 11.8. The van der Waals surface area contributed by atoms with Crippen LogP contribution in [-0.4, -0.2) is 30.2 Å². The Morgan fingerprint density at radius 1 is 1.00 bits per heavy atom. The summed E-state index contributed by atoms with van der Waals surface area (Å²) >= 11 is 11.9. The first-order valence-electron chi connectivity index (χ1n) is 5.65. The van der Waals surface area contributed by atoms with Crippen LogP contribution in [0.5, 0.6) is 0 Å². The first-order valence-corrected chi connectivity index (χ1v) is 6.41. The zero-order chi connectivity index (χ0) is 14.1. The van der Waals surface area contributed by atoms with E-state index in [1.54, 1.807) is 25.2 Å². The second-order valence-electron chi connectivity index (χ2n) is 4.02. The maximum atomic E-state index is 6.01. The van der Waals surface area contributed by atoms with Crippen molar-refractivity contribution >= 4 is 23.2 Å². The maximum absolute atomic E-state index is 6.01. The summed E-state index contributed by atoms with van der Waals surface area (Å²) < 4.78 is 0. The molecule has 0 N–H and O–H groups in total. The van der Waals surface area contributed by atoms with E-state index in [4.69, 9.17) is 23.2 Å². The molecule has 0 amide bonds. The van der Waals surface area contributed by atoms with Crippen molar-refractivity contribution in [2.24, 2.45) is 7.05 Å². The van der Waals surface area contributed by atoms with Gasteiger partial charge < -0.3 is 0 Å². The average molecular weight is 307 g/mol. The highest BCUT2D eigenvalue weighted by molar-refractivity contribution is 6.42.